The summed E-state index contributed by atoms with van der Waals surface area (Å²) in [5.74, 6) is 1.25. The molecular weight excluding hydrogens is 416 g/mol. The van der Waals surface area contributed by atoms with E-state index >= 15 is 0 Å². The first-order valence-electron chi connectivity index (χ1n) is 9.83. The highest BCUT2D eigenvalue weighted by atomic mass is 32.2. The molecule has 0 atom stereocenters. The number of H-pyrrole nitrogens is 1. The molecule has 3 aromatic rings. The highest BCUT2D eigenvalue weighted by Crippen LogP contribution is 2.38. The fraction of sp³-hybridized carbons (Fsp3) is 0.318. The van der Waals surface area contributed by atoms with Crippen molar-refractivity contribution in [1.82, 2.24) is 15.4 Å². The summed E-state index contributed by atoms with van der Waals surface area (Å²) in [4.78, 5) is 20.3. The molecule has 0 aliphatic heterocycles. The smallest absolute Gasteiger partial charge is 0.271 e. The molecule has 0 saturated heterocycles. The number of carbonyl (C=O) groups is 1. The molecular formula is C22H26N4O4S. The van der Waals surface area contributed by atoms with Gasteiger partial charge in [0.2, 0.25) is 5.75 Å². The van der Waals surface area contributed by atoms with Crippen molar-refractivity contribution in [2.24, 2.45) is 5.10 Å². The molecule has 1 aromatic heterocycles. The number of benzene rings is 2. The number of methoxy groups -OCH3 is 2. The van der Waals surface area contributed by atoms with Gasteiger partial charge in [-0.25, -0.2) is 10.4 Å². The minimum absolute atomic E-state index is 0.323. The Bertz CT molecular complexity index is 1070. The number of imidazole rings is 1. The highest BCUT2D eigenvalue weighted by molar-refractivity contribution is 7.99. The zero-order valence-electron chi connectivity index (χ0n) is 18.2. The summed E-state index contributed by atoms with van der Waals surface area (Å²) in [7, 11) is 3.10. The normalized spacial score (nSPS) is 11.3. The third-order valence-corrected chi connectivity index (χ3v) is 5.11. The summed E-state index contributed by atoms with van der Waals surface area (Å²) in [6.45, 7) is 6.57. The minimum atomic E-state index is -0.323. The number of fused-ring (bicyclic) bond motifs is 1. The number of nitrogens with zero attached hydrogens (tertiary/aromatic N) is 2. The summed E-state index contributed by atoms with van der Waals surface area (Å²) in [5.41, 5.74) is 5.34. The van der Waals surface area contributed by atoms with Gasteiger partial charge < -0.3 is 19.2 Å². The van der Waals surface area contributed by atoms with Crippen LogP contribution in [-0.2, 0) is 0 Å². The average Bonchev–Trinajstić information content (AvgIpc) is 3.14. The van der Waals surface area contributed by atoms with Crippen LogP contribution in [0.15, 0.2) is 40.6 Å². The number of ether oxygens (including phenoxy) is 3. The first-order chi connectivity index (χ1) is 14.9. The van der Waals surface area contributed by atoms with Crippen LogP contribution in [0.1, 0.15) is 36.7 Å². The Hall–Kier alpha value is -3.20. The van der Waals surface area contributed by atoms with Crippen LogP contribution in [-0.4, -0.2) is 48.2 Å². The Labute approximate surface area is 185 Å². The largest absolute Gasteiger partial charge is 0.493 e. The van der Waals surface area contributed by atoms with Gasteiger partial charge in [-0.15, -0.1) is 0 Å². The van der Waals surface area contributed by atoms with Crippen molar-refractivity contribution in [1.29, 1.82) is 0 Å². The van der Waals surface area contributed by atoms with Crippen LogP contribution < -0.4 is 19.6 Å². The van der Waals surface area contributed by atoms with Crippen molar-refractivity contribution in [3.05, 3.63) is 41.5 Å². The Balaban J connectivity index is 1.74. The van der Waals surface area contributed by atoms with Gasteiger partial charge in [-0.05, 0) is 37.3 Å². The van der Waals surface area contributed by atoms with Crippen molar-refractivity contribution < 1.29 is 19.0 Å². The molecule has 0 unspecified atom stereocenters. The molecule has 9 heteroatoms. The van der Waals surface area contributed by atoms with Crippen LogP contribution in [0.4, 0.5) is 0 Å². The highest BCUT2D eigenvalue weighted by Gasteiger charge is 2.13. The fourth-order valence-corrected chi connectivity index (χ4v) is 3.66. The quantitative estimate of drug-likeness (QED) is 0.292. The van der Waals surface area contributed by atoms with Gasteiger partial charge in [0, 0.05) is 16.4 Å². The van der Waals surface area contributed by atoms with Crippen molar-refractivity contribution in [2.75, 3.05) is 20.8 Å². The molecule has 0 aliphatic rings. The van der Waals surface area contributed by atoms with E-state index < -0.39 is 0 Å². The van der Waals surface area contributed by atoms with E-state index in [9.17, 15) is 4.79 Å². The molecule has 164 valence electrons. The molecule has 0 saturated carbocycles. The van der Waals surface area contributed by atoms with Crippen LogP contribution in [0.5, 0.6) is 17.2 Å². The SMILES string of the molecule is CCOc1c(OC)cc(/C=N\NC(=O)c2ccc3nc(SC(C)C)[nH]c3c2)cc1OC. The summed E-state index contributed by atoms with van der Waals surface area (Å²) >= 11 is 1.64. The maximum atomic E-state index is 12.5. The standard InChI is InChI=1S/C22H26N4O4S/c1-6-30-20-18(28-4)9-14(10-19(20)29-5)12-23-26-21(27)15-7-8-16-17(11-15)25-22(24-16)31-13(2)3/h7-13H,6H2,1-5H3,(H,24,25)(H,26,27)/b23-12-. The van der Waals surface area contributed by atoms with Gasteiger partial charge in [0.25, 0.3) is 5.91 Å². The first-order valence-corrected chi connectivity index (χ1v) is 10.7. The van der Waals surface area contributed by atoms with Crippen molar-refractivity contribution >= 4 is 34.9 Å². The number of carbonyl (C=O) groups excluding carboxylic acids is 1. The Kier molecular flexibility index (Phi) is 7.41. The maximum absolute atomic E-state index is 12.5. The number of amides is 1. The molecule has 0 radical (unpaired) electrons. The lowest BCUT2D eigenvalue weighted by Gasteiger charge is -2.14. The van der Waals surface area contributed by atoms with E-state index in [0.29, 0.717) is 40.2 Å². The van der Waals surface area contributed by atoms with Gasteiger partial charge >= 0.3 is 0 Å². The molecule has 31 heavy (non-hydrogen) atoms. The third-order valence-electron chi connectivity index (χ3n) is 4.22. The van der Waals surface area contributed by atoms with Crippen LogP contribution in [0.2, 0.25) is 0 Å². The van der Waals surface area contributed by atoms with Crippen LogP contribution in [0.3, 0.4) is 0 Å². The van der Waals surface area contributed by atoms with Gasteiger partial charge in [0.15, 0.2) is 16.7 Å². The zero-order chi connectivity index (χ0) is 22.4. The molecule has 3 rings (SSSR count). The number of hydrazone groups is 1. The van der Waals surface area contributed by atoms with Gasteiger partial charge in [-0.3, -0.25) is 4.79 Å². The van der Waals surface area contributed by atoms with E-state index in [1.807, 2.05) is 13.0 Å². The van der Waals surface area contributed by atoms with Crippen LogP contribution in [0, 0.1) is 0 Å². The Morgan fingerprint density at radius 1 is 1.23 bits per heavy atom. The number of rotatable bonds is 9. The minimum Gasteiger partial charge on any atom is -0.493 e. The first kappa shape index (κ1) is 22.5. The van der Waals surface area contributed by atoms with Gasteiger partial charge in [0.05, 0.1) is 38.1 Å². The zero-order valence-corrected chi connectivity index (χ0v) is 19.0. The second-order valence-electron chi connectivity index (χ2n) is 6.83. The molecule has 0 fully saturated rings. The topological polar surface area (TPSA) is 97.8 Å². The molecule has 1 amide bonds. The summed E-state index contributed by atoms with van der Waals surface area (Å²) in [5, 5.41) is 5.31. The second-order valence-corrected chi connectivity index (χ2v) is 8.39. The van der Waals surface area contributed by atoms with Crippen molar-refractivity contribution in [3.63, 3.8) is 0 Å². The average molecular weight is 443 g/mol. The Morgan fingerprint density at radius 3 is 2.55 bits per heavy atom. The van der Waals surface area contributed by atoms with E-state index in [-0.39, 0.29) is 5.91 Å². The second kappa shape index (κ2) is 10.2. The number of aromatic amines is 1. The monoisotopic (exact) mass is 442 g/mol. The number of aromatic nitrogens is 2. The lowest BCUT2D eigenvalue weighted by Crippen LogP contribution is -2.17. The lowest BCUT2D eigenvalue weighted by molar-refractivity contribution is 0.0955. The molecule has 8 nitrogen and oxygen atoms in total. The Morgan fingerprint density at radius 2 is 1.94 bits per heavy atom. The third kappa shape index (κ3) is 5.49. The van der Waals surface area contributed by atoms with Gasteiger partial charge in [-0.1, -0.05) is 25.6 Å². The van der Waals surface area contributed by atoms with E-state index in [0.717, 1.165) is 16.2 Å². The molecule has 1 heterocycles. The number of thioether (sulfide) groups is 1. The van der Waals surface area contributed by atoms with Crippen LogP contribution >= 0.6 is 11.8 Å². The van der Waals surface area contributed by atoms with Gasteiger partial charge in [0.1, 0.15) is 0 Å². The summed E-state index contributed by atoms with van der Waals surface area (Å²) in [6, 6.07) is 8.82. The van der Waals surface area contributed by atoms with Crippen molar-refractivity contribution in [3.8, 4) is 17.2 Å². The van der Waals surface area contributed by atoms with E-state index in [1.165, 1.54) is 6.21 Å². The van der Waals surface area contributed by atoms with Crippen LogP contribution in [0.25, 0.3) is 11.0 Å². The lowest BCUT2D eigenvalue weighted by atomic mass is 10.2. The number of hydrogen-bond acceptors (Lipinski definition) is 7. The summed E-state index contributed by atoms with van der Waals surface area (Å²) in [6.07, 6.45) is 1.52. The fourth-order valence-electron chi connectivity index (χ4n) is 2.90. The molecule has 0 spiro atoms. The molecule has 2 N–H and O–H groups in total. The predicted octanol–water partition coefficient (Wildman–Crippen LogP) is 4.24. The number of hydrogen-bond donors (Lipinski definition) is 2. The summed E-state index contributed by atoms with van der Waals surface area (Å²) < 4.78 is 16.3. The molecule has 2 aromatic carbocycles. The van der Waals surface area contributed by atoms with Crippen molar-refractivity contribution in [2.45, 2.75) is 31.2 Å². The predicted molar refractivity (Wildman–Crippen MR) is 123 cm³/mol. The van der Waals surface area contributed by atoms with E-state index in [4.69, 9.17) is 14.2 Å². The molecule has 0 bridgehead atoms. The van der Waals surface area contributed by atoms with Gasteiger partial charge in [-0.2, -0.15) is 5.10 Å². The van der Waals surface area contributed by atoms with E-state index in [1.54, 1.807) is 50.2 Å². The maximum Gasteiger partial charge on any atom is 0.271 e. The molecule has 0 aliphatic carbocycles. The van der Waals surface area contributed by atoms with E-state index in [2.05, 4.69) is 34.3 Å². The number of nitrogens with one attached hydrogen (secondary N) is 2.